The maximum atomic E-state index is 12.7. The zero-order valence-electron chi connectivity index (χ0n) is 18.6. The van der Waals surface area contributed by atoms with E-state index >= 15 is 0 Å². The van der Waals surface area contributed by atoms with Gasteiger partial charge < -0.3 is 14.6 Å². The number of ether oxygens (including phenoxy) is 1. The number of carbonyl (C=O) groups is 1. The molecule has 2 aromatic carbocycles. The maximum absolute atomic E-state index is 12.7. The van der Waals surface area contributed by atoms with Gasteiger partial charge in [-0.25, -0.2) is 0 Å². The van der Waals surface area contributed by atoms with Gasteiger partial charge >= 0.3 is 0 Å². The first-order chi connectivity index (χ1) is 16.1. The van der Waals surface area contributed by atoms with Gasteiger partial charge in [0.15, 0.2) is 6.61 Å². The van der Waals surface area contributed by atoms with Gasteiger partial charge in [0.1, 0.15) is 11.8 Å². The topological polar surface area (TPSA) is 90.1 Å². The first-order valence-corrected chi connectivity index (χ1v) is 10.9. The van der Waals surface area contributed by atoms with Gasteiger partial charge in [0.2, 0.25) is 11.7 Å². The number of pyridine rings is 1. The Kier molecular flexibility index (Phi) is 7.09. The van der Waals surface area contributed by atoms with Gasteiger partial charge in [0.05, 0.1) is 0 Å². The predicted octanol–water partition coefficient (Wildman–Crippen LogP) is 4.61. The summed E-state index contributed by atoms with van der Waals surface area (Å²) in [6.07, 6.45) is 4.06. The molecule has 1 atom stereocenters. The van der Waals surface area contributed by atoms with Crippen LogP contribution in [0.15, 0.2) is 83.6 Å². The van der Waals surface area contributed by atoms with Crippen molar-refractivity contribution in [3.8, 4) is 17.1 Å². The van der Waals surface area contributed by atoms with Gasteiger partial charge in [-0.3, -0.25) is 9.78 Å². The molecular formula is C26H26N4O3. The van der Waals surface area contributed by atoms with Crippen LogP contribution >= 0.6 is 0 Å². The van der Waals surface area contributed by atoms with Crippen molar-refractivity contribution < 1.29 is 14.1 Å². The Morgan fingerprint density at radius 1 is 1.00 bits per heavy atom. The molecule has 4 rings (SSSR count). The molecular weight excluding hydrogens is 416 g/mol. The highest BCUT2D eigenvalue weighted by Gasteiger charge is 2.25. The van der Waals surface area contributed by atoms with E-state index in [1.165, 1.54) is 5.56 Å². The van der Waals surface area contributed by atoms with E-state index in [1.807, 2.05) is 56.3 Å². The van der Waals surface area contributed by atoms with Crippen LogP contribution in [0.1, 0.15) is 36.9 Å². The molecule has 0 aliphatic carbocycles. The Morgan fingerprint density at radius 2 is 1.73 bits per heavy atom. The van der Waals surface area contributed by atoms with Crippen molar-refractivity contribution in [2.45, 2.75) is 26.3 Å². The van der Waals surface area contributed by atoms with Crippen LogP contribution in [0.3, 0.4) is 0 Å². The monoisotopic (exact) mass is 442 g/mol. The summed E-state index contributed by atoms with van der Waals surface area (Å²) in [4.78, 5) is 21.2. The second kappa shape index (κ2) is 10.5. The largest absolute Gasteiger partial charge is 0.483 e. The van der Waals surface area contributed by atoms with Crippen LogP contribution in [0.2, 0.25) is 0 Å². The van der Waals surface area contributed by atoms with Crippen molar-refractivity contribution in [2.75, 3.05) is 6.61 Å². The third kappa shape index (κ3) is 5.83. The summed E-state index contributed by atoms with van der Waals surface area (Å²) >= 11 is 0. The minimum Gasteiger partial charge on any atom is -0.483 e. The quantitative estimate of drug-likeness (QED) is 0.407. The fraction of sp³-hybridized carbons (Fsp3) is 0.231. The average molecular weight is 443 g/mol. The summed E-state index contributed by atoms with van der Waals surface area (Å²) < 4.78 is 11.3. The van der Waals surface area contributed by atoms with E-state index in [0.29, 0.717) is 17.5 Å². The van der Waals surface area contributed by atoms with Crippen LogP contribution in [0.25, 0.3) is 11.4 Å². The fourth-order valence-electron chi connectivity index (χ4n) is 3.46. The molecule has 1 unspecified atom stereocenters. The normalized spacial score (nSPS) is 11.8. The smallest absolute Gasteiger partial charge is 0.258 e. The lowest BCUT2D eigenvalue weighted by molar-refractivity contribution is -0.124. The molecule has 0 fully saturated rings. The number of benzene rings is 2. The average Bonchev–Trinajstić information content (AvgIpc) is 3.33. The minimum atomic E-state index is -0.427. The molecule has 4 aromatic rings. The third-order valence-corrected chi connectivity index (χ3v) is 5.20. The zero-order chi connectivity index (χ0) is 23.0. The maximum Gasteiger partial charge on any atom is 0.258 e. The number of aromatic nitrogens is 3. The van der Waals surface area contributed by atoms with Gasteiger partial charge in [-0.05, 0) is 35.2 Å². The van der Waals surface area contributed by atoms with Crippen molar-refractivity contribution in [3.63, 3.8) is 0 Å². The van der Waals surface area contributed by atoms with Crippen LogP contribution in [-0.2, 0) is 11.2 Å². The number of rotatable bonds is 9. The molecule has 2 heterocycles. The Hall–Kier alpha value is -4.00. The highest BCUT2D eigenvalue weighted by atomic mass is 16.5. The Bertz CT molecular complexity index is 1180. The lowest BCUT2D eigenvalue weighted by Crippen LogP contribution is -2.35. The number of hydrogen-bond donors (Lipinski definition) is 1. The van der Waals surface area contributed by atoms with E-state index in [0.717, 1.165) is 17.5 Å². The van der Waals surface area contributed by atoms with Crippen molar-refractivity contribution in [1.82, 2.24) is 20.4 Å². The van der Waals surface area contributed by atoms with E-state index in [2.05, 4.69) is 32.6 Å². The van der Waals surface area contributed by atoms with Crippen LogP contribution in [-0.4, -0.2) is 27.6 Å². The SMILES string of the molecule is CC(C)C(NC(=O)COc1ccccc1Cc1ccccc1)c1nc(-c2ccncc2)no1. The van der Waals surface area contributed by atoms with Crippen LogP contribution in [0.5, 0.6) is 5.75 Å². The lowest BCUT2D eigenvalue weighted by Gasteiger charge is -2.19. The minimum absolute atomic E-state index is 0.0463. The third-order valence-electron chi connectivity index (χ3n) is 5.20. The predicted molar refractivity (Wildman–Crippen MR) is 124 cm³/mol. The molecule has 0 spiro atoms. The lowest BCUT2D eigenvalue weighted by atomic mass is 10.0. The van der Waals surface area contributed by atoms with Gasteiger partial charge in [-0.2, -0.15) is 4.98 Å². The van der Waals surface area contributed by atoms with E-state index in [-0.39, 0.29) is 18.4 Å². The fourth-order valence-corrected chi connectivity index (χ4v) is 3.46. The number of amides is 1. The number of carbonyl (C=O) groups excluding carboxylic acids is 1. The summed E-state index contributed by atoms with van der Waals surface area (Å²) in [5.74, 6) is 1.29. The first kappa shape index (κ1) is 22.2. The van der Waals surface area contributed by atoms with Crippen molar-refractivity contribution >= 4 is 5.91 Å². The van der Waals surface area contributed by atoms with E-state index in [4.69, 9.17) is 9.26 Å². The second-order valence-electron chi connectivity index (χ2n) is 8.04. The van der Waals surface area contributed by atoms with Gasteiger partial charge in [0.25, 0.3) is 5.91 Å². The second-order valence-corrected chi connectivity index (χ2v) is 8.04. The molecule has 0 saturated carbocycles. The summed E-state index contributed by atoms with van der Waals surface area (Å²) in [5.41, 5.74) is 3.00. The Labute approximate surface area is 192 Å². The molecule has 1 N–H and O–H groups in total. The van der Waals surface area contributed by atoms with E-state index < -0.39 is 6.04 Å². The zero-order valence-corrected chi connectivity index (χ0v) is 18.6. The Balaban J connectivity index is 1.40. The summed E-state index contributed by atoms with van der Waals surface area (Å²) in [6, 6.07) is 21.1. The summed E-state index contributed by atoms with van der Waals surface area (Å²) in [7, 11) is 0. The van der Waals surface area contributed by atoms with E-state index in [9.17, 15) is 4.79 Å². The summed E-state index contributed by atoms with van der Waals surface area (Å²) in [6.45, 7) is 3.86. The standard InChI is InChI=1S/C26H26N4O3/c1-18(2)24(26-29-25(30-33-26)20-12-14-27-15-13-20)28-23(31)17-32-22-11-7-6-10-21(22)16-19-8-4-3-5-9-19/h3-15,18,24H,16-17H2,1-2H3,(H,28,31). The first-order valence-electron chi connectivity index (χ1n) is 10.9. The van der Waals surface area contributed by atoms with Gasteiger partial charge in [-0.15, -0.1) is 0 Å². The van der Waals surface area contributed by atoms with Crippen LogP contribution in [0, 0.1) is 5.92 Å². The van der Waals surface area contributed by atoms with E-state index in [1.54, 1.807) is 24.5 Å². The highest BCUT2D eigenvalue weighted by Crippen LogP contribution is 2.24. The van der Waals surface area contributed by atoms with Crippen molar-refractivity contribution in [1.29, 1.82) is 0 Å². The molecule has 7 heteroatoms. The molecule has 2 aromatic heterocycles. The number of nitrogens with one attached hydrogen (secondary N) is 1. The number of hydrogen-bond acceptors (Lipinski definition) is 6. The summed E-state index contributed by atoms with van der Waals surface area (Å²) in [5, 5.41) is 7.01. The Morgan fingerprint density at radius 3 is 2.48 bits per heavy atom. The van der Waals surface area contributed by atoms with Crippen LogP contribution < -0.4 is 10.1 Å². The molecule has 0 saturated heterocycles. The number of nitrogens with zero attached hydrogens (tertiary/aromatic N) is 3. The molecule has 33 heavy (non-hydrogen) atoms. The van der Waals surface area contributed by atoms with Crippen molar-refractivity contribution in [2.24, 2.45) is 5.92 Å². The number of para-hydroxylation sites is 1. The molecule has 0 aliphatic rings. The van der Waals surface area contributed by atoms with Gasteiger partial charge in [-0.1, -0.05) is 67.5 Å². The van der Waals surface area contributed by atoms with Crippen molar-refractivity contribution in [3.05, 3.63) is 96.1 Å². The molecule has 7 nitrogen and oxygen atoms in total. The van der Waals surface area contributed by atoms with Crippen LogP contribution in [0.4, 0.5) is 0 Å². The molecule has 0 aliphatic heterocycles. The van der Waals surface area contributed by atoms with Gasteiger partial charge in [0, 0.05) is 24.4 Å². The molecule has 0 bridgehead atoms. The molecule has 1 amide bonds. The molecule has 168 valence electrons. The highest BCUT2D eigenvalue weighted by molar-refractivity contribution is 5.78. The molecule has 0 radical (unpaired) electrons.